The molecule has 0 spiro atoms. The molecule has 1 fully saturated rings. The lowest BCUT2D eigenvalue weighted by atomic mass is 10.1. The predicted molar refractivity (Wildman–Crippen MR) is 84.3 cm³/mol. The Balaban J connectivity index is 1.70. The molecule has 7 nitrogen and oxygen atoms in total. The normalized spacial score (nSPS) is 15.3. The lowest BCUT2D eigenvalue weighted by Crippen LogP contribution is -2.38. The molecule has 1 saturated carbocycles. The van der Waals surface area contributed by atoms with Gasteiger partial charge in [0.1, 0.15) is 0 Å². The van der Waals surface area contributed by atoms with Gasteiger partial charge in [-0.25, -0.2) is 4.68 Å². The topological polar surface area (TPSA) is 88.3 Å². The van der Waals surface area contributed by atoms with Crippen molar-refractivity contribution >= 4 is 23.2 Å². The van der Waals surface area contributed by atoms with E-state index in [-0.39, 0.29) is 24.2 Å². The molecule has 1 aliphatic carbocycles. The van der Waals surface area contributed by atoms with E-state index in [0.29, 0.717) is 6.54 Å². The molecule has 1 N–H and O–H groups in total. The Labute approximate surface area is 137 Å². The second-order valence-corrected chi connectivity index (χ2v) is 6.84. The molecule has 1 amide bonds. The van der Waals surface area contributed by atoms with Crippen LogP contribution in [0.2, 0.25) is 0 Å². The summed E-state index contributed by atoms with van der Waals surface area (Å²) in [5.74, 6) is -1.73. The quantitative estimate of drug-likeness (QED) is 0.833. The zero-order valence-electron chi connectivity index (χ0n) is 12.8. The van der Waals surface area contributed by atoms with Gasteiger partial charge in [0.25, 0.3) is 5.91 Å². The summed E-state index contributed by atoms with van der Waals surface area (Å²) in [6, 6.07) is 4.09. The third-order valence-corrected chi connectivity index (χ3v) is 4.66. The Morgan fingerprint density at radius 1 is 1.52 bits per heavy atom. The second-order valence-electron chi connectivity index (χ2n) is 5.81. The van der Waals surface area contributed by atoms with Gasteiger partial charge >= 0.3 is 5.97 Å². The van der Waals surface area contributed by atoms with E-state index in [1.54, 1.807) is 34.0 Å². The molecule has 2 heterocycles. The van der Waals surface area contributed by atoms with Gasteiger partial charge in [-0.05, 0) is 24.3 Å². The fourth-order valence-corrected chi connectivity index (χ4v) is 3.04. The highest BCUT2D eigenvalue weighted by Gasteiger charge is 2.35. The van der Waals surface area contributed by atoms with Crippen LogP contribution in [0, 0.1) is 5.92 Å². The molecule has 1 aliphatic rings. The number of amides is 1. The molecule has 2 aromatic heterocycles. The van der Waals surface area contributed by atoms with Crippen LogP contribution in [0.1, 0.15) is 35.1 Å². The number of hydrogen-bond acceptors (Lipinski definition) is 5. The van der Waals surface area contributed by atoms with Gasteiger partial charge in [0, 0.05) is 17.5 Å². The van der Waals surface area contributed by atoms with Crippen molar-refractivity contribution in [3.8, 4) is 0 Å². The molecule has 0 radical (unpaired) electrons. The number of rotatable bonds is 7. The van der Waals surface area contributed by atoms with Crippen LogP contribution in [0.15, 0.2) is 23.7 Å². The highest BCUT2D eigenvalue weighted by atomic mass is 32.1. The highest BCUT2D eigenvalue weighted by Crippen LogP contribution is 2.28. The van der Waals surface area contributed by atoms with Crippen molar-refractivity contribution in [1.29, 1.82) is 0 Å². The molecule has 122 valence electrons. The van der Waals surface area contributed by atoms with E-state index in [1.165, 1.54) is 0 Å². The van der Waals surface area contributed by atoms with Crippen LogP contribution in [0.3, 0.4) is 0 Å². The Bertz CT molecular complexity index is 693. The smallest absolute Gasteiger partial charge is 0.308 e. The summed E-state index contributed by atoms with van der Waals surface area (Å²) < 4.78 is 1.63. The van der Waals surface area contributed by atoms with Crippen molar-refractivity contribution in [2.45, 2.75) is 32.4 Å². The monoisotopic (exact) mass is 334 g/mol. The number of carboxylic acids is 1. The minimum Gasteiger partial charge on any atom is -0.481 e. The van der Waals surface area contributed by atoms with E-state index in [2.05, 4.69) is 10.3 Å². The lowest BCUT2D eigenvalue weighted by Gasteiger charge is -2.23. The van der Waals surface area contributed by atoms with Crippen LogP contribution >= 0.6 is 11.3 Å². The first-order valence-corrected chi connectivity index (χ1v) is 8.39. The standard InChI is InChI=1S/C15H18N4O3S/c1-10(15(21)22)7-19(11-4-5-11)14(20)13-9-18(17-16-13)8-12-3-2-6-23-12/h2-3,6,9-11H,4-5,7-8H2,1H3,(H,21,22). The first-order valence-electron chi connectivity index (χ1n) is 7.51. The summed E-state index contributed by atoms with van der Waals surface area (Å²) in [4.78, 5) is 26.4. The van der Waals surface area contributed by atoms with Gasteiger partial charge in [0.2, 0.25) is 0 Å². The first-order chi connectivity index (χ1) is 11.0. The van der Waals surface area contributed by atoms with Gasteiger partial charge in [-0.2, -0.15) is 0 Å². The minimum atomic E-state index is -0.898. The van der Waals surface area contributed by atoms with Gasteiger partial charge in [-0.15, -0.1) is 16.4 Å². The SMILES string of the molecule is CC(CN(C(=O)c1cn(Cc2cccs2)nn1)C1CC1)C(=O)O. The number of carboxylic acid groups (broad SMARTS) is 1. The molecule has 1 atom stereocenters. The number of aliphatic carboxylic acids is 1. The van der Waals surface area contributed by atoms with Crippen molar-refractivity contribution < 1.29 is 14.7 Å². The first kappa shape index (κ1) is 15.7. The molecule has 3 rings (SSSR count). The van der Waals surface area contributed by atoms with E-state index in [1.807, 2.05) is 17.5 Å². The van der Waals surface area contributed by atoms with E-state index in [0.717, 1.165) is 17.7 Å². The zero-order chi connectivity index (χ0) is 16.4. The maximum atomic E-state index is 12.6. The van der Waals surface area contributed by atoms with E-state index in [9.17, 15) is 9.59 Å². The number of carbonyl (C=O) groups is 2. The van der Waals surface area contributed by atoms with Crippen molar-refractivity contribution in [3.05, 3.63) is 34.3 Å². The maximum Gasteiger partial charge on any atom is 0.308 e. The molecule has 2 aromatic rings. The largest absolute Gasteiger partial charge is 0.481 e. The minimum absolute atomic E-state index is 0.131. The summed E-state index contributed by atoms with van der Waals surface area (Å²) >= 11 is 1.62. The number of carbonyl (C=O) groups excluding carboxylic acids is 1. The molecule has 0 aliphatic heterocycles. The highest BCUT2D eigenvalue weighted by molar-refractivity contribution is 7.09. The predicted octanol–water partition coefficient (Wildman–Crippen LogP) is 1.71. The van der Waals surface area contributed by atoms with Gasteiger partial charge < -0.3 is 10.0 Å². The third kappa shape index (κ3) is 3.76. The van der Waals surface area contributed by atoms with E-state index < -0.39 is 11.9 Å². The third-order valence-electron chi connectivity index (χ3n) is 3.80. The number of hydrogen-bond donors (Lipinski definition) is 1. The summed E-state index contributed by atoms with van der Waals surface area (Å²) in [6.45, 7) is 2.39. The maximum absolute atomic E-state index is 12.6. The molecular weight excluding hydrogens is 316 g/mol. The Kier molecular flexibility index (Phi) is 4.42. The van der Waals surface area contributed by atoms with E-state index in [4.69, 9.17) is 5.11 Å². The molecular formula is C15H18N4O3S. The number of aromatic nitrogens is 3. The Hall–Kier alpha value is -2.22. The molecule has 23 heavy (non-hydrogen) atoms. The molecule has 0 saturated heterocycles. The average molecular weight is 334 g/mol. The summed E-state index contributed by atoms with van der Waals surface area (Å²) in [5.41, 5.74) is 0.269. The van der Waals surface area contributed by atoms with Crippen LogP contribution in [-0.2, 0) is 11.3 Å². The average Bonchev–Trinajstić information content (AvgIpc) is 3.04. The Morgan fingerprint density at radius 3 is 2.91 bits per heavy atom. The van der Waals surface area contributed by atoms with Crippen molar-refractivity contribution in [1.82, 2.24) is 19.9 Å². The number of nitrogens with zero attached hydrogens (tertiary/aromatic N) is 4. The number of thiophene rings is 1. The summed E-state index contributed by atoms with van der Waals surface area (Å²) in [5, 5.41) is 19.0. The van der Waals surface area contributed by atoms with Crippen LogP contribution in [0.25, 0.3) is 0 Å². The van der Waals surface area contributed by atoms with Gasteiger partial charge in [0.05, 0.1) is 18.7 Å². The van der Waals surface area contributed by atoms with Crippen molar-refractivity contribution in [2.75, 3.05) is 6.54 Å². The molecule has 8 heteroatoms. The summed E-state index contributed by atoms with van der Waals surface area (Å²) in [7, 11) is 0. The molecule has 0 bridgehead atoms. The fourth-order valence-electron chi connectivity index (χ4n) is 2.34. The van der Waals surface area contributed by atoms with Crippen LogP contribution in [0.5, 0.6) is 0 Å². The van der Waals surface area contributed by atoms with Crippen molar-refractivity contribution in [3.63, 3.8) is 0 Å². The lowest BCUT2D eigenvalue weighted by molar-refractivity contribution is -0.141. The zero-order valence-corrected chi connectivity index (χ0v) is 13.6. The van der Waals surface area contributed by atoms with Gasteiger partial charge in [-0.3, -0.25) is 9.59 Å². The summed E-state index contributed by atoms with van der Waals surface area (Å²) in [6.07, 6.45) is 3.46. The van der Waals surface area contributed by atoms with Crippen LogP contribution in [-0.4, -0.2) is 49.5 Å². The van der Waals surface area contributed by atoms with E-state index >= 15 is 0 Å². The fraction of sp³-hybridized carbons (Fsp3) is 0.467. The second kappa shape index (κ2) is 6.49. The Morgan fingerprint density at radius 2 is 2.30 bits per heavy atom. The molecule has 1 unspecified atom stereocenters. The van der Waals surface area contributed by atoms with Crippen LogP contribution in [0.4, 0.5) is 0 Å². The van der Waals surface area contributed by atoms with Crippen molar-refractivity contribution in [2.24, 2.45) is 5.92 Å². The van der Waals surface area contributed by atoms with Gasteiger partial charge in [0.15, 0.2) is 5.69 Å². The molecule has 0 aromatic carbocycles. The van der Waals surface area contributed by atoms with Gasteiger partial charge in [-0.1, -0.05) is 18.2 Å². The van der Waals surface area contributed by atoms with Crippen LogP contribution < -0.4 is 0 Å².